The Morgan fingerprint density at radius 3 is 2.41 bits per heavy atom. The van der Waals surface area contributed by atoms with Gasteiger partial charge >= 0.3 is 0 Å². The van der Waals surface area contributed by atoms with E-state index >= 15 is 0 Å². The second-order valence-corrected chi connectivity index (χ2v) is 7.49. The van der Waals surface area contributed by atoms with Crippen LogP contribution in [0.1, 0.15) is 11.5 Å². The fraction of sp³-hybridized carbons (Fsp3) is 0.130. The van der Waals surface area contributed by atoms with Gasteiger partial charge in [-0.05, 0) is 62.4 Å². The van der Waals surface area contributed by atoms with Crippen molar-refractivity contribution in [2.75, 3.05) is 5.32 Å². The van der Waals surface area contributed by atoms with Gasteiger partial charge in [-0.3, -0.25) is 0 Å². The van der Waals surface area contributed by atoms with Gasteiger partial charge in [-0.2, -0.15) is 5.10 Å². The second-order valence-electron chi connectivity index (χ2n) is 7.49. The number of aryl methyl sites for hydroxylation is 3. The molecule has 0 spiro atoms. The molecule has 2 aromatic carbocycles. The van der Waals surface area contributed by atoms with E-state index in [1.807, 2.05) is 24.6 Å². The number of hydrogen-bond donors (Lipinski definition) is 1. The van der Waals surface area contributed by atoms with Gasteiger partial charge in [0.15, 0.2) is 11.6 Å². The molecule has 0 aliphatic rings. The van der Waals surface area contributed by atoms with Crippen LogP contribution in [0.5, 0.6) is 0 Å². The predicted octanol–water partition coefficient (Wildman–Crippen LogP) is 4.85. The number of anilines is 2. The second kappa shape index (κ2) is 7.52. The molecule has 32 heavy (non-hydrogen) atoms. The van der Waals surface area contributed by atoms with Crippen LogP contribution in [0.2, 0.25) is 0 Å². The summed E-state index contributed by atoms with van der Waals surface area (Å²) in [6.07, 6.45) is 1.38. The maximum atomic E-state index is 14.8. The van der Waals surface area contributed by atoms with Crippen LogP contribution in [0.25, 0.3) is 28.1 Å². The van der Waals surface area contributed by atoms with Crippen LogP contribution >= 0.6 is 0 Å². The zero-order valence-corrected chi connectivity index (χ0v) is 17.6. The fourth-order valence-corrected chi connectivity index (χ4v) is 3.68. The highest BCUT2D eigenvalue weighted by molar-refractivity contribution is 5.91. The third kappa shape index (κ3) is 3.37. The monoisotopic (exact) mass is 431 g/mol. The van der Waals surface area contributed by atoms with Gasteiger partial charge in [0.25, 0.3) is 0 Å². The third-order valence-corrected chi connectivity index (χ3v) is 5.26. The summed E-state index contributed by atoms with van der Waals surface area (Å²) in [5.41, 5.74) is 3.89. The van der Waals surface area contributed by atoms with Crippen molar-refractivity contribution in [3.63, 3.8) is 0 Å². The molecule has 5 aromatic rings. The first-order valence-electron chi connectivity index (χ1n) is 9.94. The summed E-state index contributed by atoms with van der Waals surface area (Å²) < 4.78 is 31.5. The highest BCUT2D eigenvalue weighted by Gasteiger charge is 2.16. The normalized spacial score (nSPS) is 11.3. The van der Waals surface area contributed by atoms with Crippen LogP contribution in [0.3, 0.4) is 0 Å². The summed E-state index contributed by atoms with van der Waals surface area (Å²) in [6.45, 7) is 3.64. The predicted molar refractivity (Wildman–Crippen MR) is 118 cm³/mol. The number of nitrogens with zero attached hydrogens (tertiary/aromatic N) is 6. The summed E-state index contributed by atoms with van der Waals surface area (Å²) >= 11 is 0. The van der Waals surface area contributed by atoms with E-state index in [2.05, 4.69) is 20.4 Å². The molecule has 0 radical (unpaired) electrons. The Bertz CT molecular complexity index is 1450. The molecule has 7 nitrogen and oxygen atoms in total. The first-order chi connectivity index (χ1) is 15.4. The maximum absolute atomic E-state index is 14.8. The summed E-state index contributed by atoms with van der Waals surface area (Å²) in [5, 5.41) is 7.24. The van der Waals surface area contributed by atoms with Crippen LogP contribution < -0.4 is 5.32 Å². The van der Waals surface area contributed by atoms with Crippen molar-refractivity contribution in [2.24, 2.45) is 7.05 Å². The first kappa shape index (κ1) is 19.8. The maximum Gasteiger partial charge on any atom is 0.158 e. The van der Waals surface area contributed by atoms with Gasteiger partial charge in [0.2, 0.25) is 0 Å². The number of aromatic nitrogens is 6. The number of benzene rings is 2. The van der Waals surface area contributed by atoms with Crippen LogP contribution in [-0.2, 0) is 7.05 Å². The highest BCUT2D eigenvalue weighted by Crippen LogP contribution is 2.30. The van der Waals surface area contributed by atoms with E-state index in [0.717, 1.165) is 16.8 Å². The largest absolute Gasteiger partial charge is 0.338 e. The molecule has 0 fully saturated rings. The molecule has 1 N–H and O–H groups in total. The number of rotatable bonds is 4. The Morgan fingerprint density at radius 2 is 1.72 bits per heavy atom. The summed E-state index contributed by atoms with van der Waals surface area (Å²) in [5.74, 6) is 1.03. The zero-order chi connectivity index (χ0) is 22.4. The van der Waals surface area contributed by atoms with E-state index in [1.165, 1.54) is 29.2 Å². The Hall–Kier alpha value is -4.14. The van der Waals surface area contributed by atoms with Crippen molar-refractivity contribution in [3.8, 4) is 17.1 Å². The van der Waals surface area contributed by atoms with E-state index in [1.54, 1.807) is 31.2 Å². The summed E-state index contributed by atoms with van der Waals surface area (Å²) in [4.78, 5) is 13.4. The molecule has 5 rings (SSSR count). The minimum atomic E-state index is -0.444. The van der Waals surface area contributed by atoms with Gasteiger partial charge in [0.05, 0.1) is 5.52 Å². The zero-order valence-electron chi connectivity index (χ0n) is 17.6. The average Bonchev–Trinajstić information content (AvgIpc) is 3.32. The molecule has 0 aliphatic carbocycles. The van der Waals surface area contributed by atoms with Crippen LogP contribution in [0.15, 0.2) is 54.9 Å². The minimum Gasteiger partial charge on any atom is -0.338 e. The molecule has 0 aliphatic heterocycles. The van der Waals surface area contributed by atoms with Crippen molar-refractivity contribution in [1.82, 2.24) is 29.3 Å². The molecule has 9 heteroatoms. The van der Waals surface area contributed by atoms with E-state index in [-0.39, 0.29) is 5.82 Å². The SMILES string of the molecule is Cc1cc2c(nc(-c3ccc(F)cc3)n2C)c(Nc2ccc(-n3ncnc3C)c(F)c2)n1. The van der Waals surface area contributed by atoms with Gasteiger partial charge in [-0.25, -0.2) is 28.4 Å². The standard InChI is InChI=1S/C23H19F2N7/c1-13-10-20-21(30-23(31(20)3)15-4-6-16(24)7-5-15)22(28-13)29-17-8-9-19(18(25)11-17)32-14(2)26-12-27-32/h4-12H,1-3H3,(H,28,29). The number of nitrogens with one attached hydrogen (secondary N) is 1. The van der Waals surface area contributed by atoms with Gasteiger partial charge in [-0.15, -0.1) is 0 Å². The first-order valence-corrected chi connectivity index (χ1v) is 9.94. The van der Waals surface area contributed by atoms with Crippen molar-refractivity contribution in [1.29, 1.82) is 0 Å². The molecule has 0 unspecified atom stereocenters. The lowest BCUT2D eigenvalue weighted by Crippen LogP contribution is -2.03. The lowest BCUT2D eigenvalue weighted by Gasteiger charge is -2.10. The molecule has 0 saturated carbocycles. The van der Waals surface area contributed by atoms with Gasteiger partial charge < -0.3 is 9.88 Å². The van der Waals surface area contributed by atoms with Crippen LogP contribution in [0, 0.1) is 25.5 Å². The van der Waals surface area contributed by atoms with Crippen molar-refractivity contribution >= 4 is 22.5 Å². The molecule has 0 amide bonds. The van der Waals surface area contributed by atoms with Crippen molar-refractivity contribution in [3.05, 3.63) is 78.0 Å². The van der Waals surface area contributed by atoms with E-state index in [0.29, 0.717) is 34.4 Å². The molecule has 3 heterocycles. The van der Waals surface area contributed by atoms with E-state index < -0.39 is 5.82 Å². The molecular formula is C23H19F2N7. The number of halogens is 2. The fourth-order valence-electron chi connectivity index (χ4n) is 3.68. The summed E-state index contributed by atoms with van der Waals surface area (Å²) in [6, 6.07) is 12.9. The minimum absolute atomic E-state index is 0.307. The van der Waals surface area contributed by atoms with Crippen molar-refractivity contribution in [2.45, 2.75) is 13.8 Å². The van der Waals surface area contributed by atoms with Crippen molar-refractivity contribution < 1.29 is 8.78 Å². The average molecular weight is 431 g/mol. The topological polar surface area (TPSA) is 73.5 Å². The molecular weight excluding hydrogens is 412 g/mol. The van der Waals surface area contributed by atoms with E-state index in [4.69, 9.17) is 4.98 Å². The number of pyridine rings is 1. The number of fused-ring (bicyclic) bond motifs is 1. The summed E-state index contributed by atoms with van der Waals surface area (Å²) in [7, 11) is 1.89. The molecule has 0 bridgehead atoms. The Kier molecular flexibility index (Phi) is 4.66. The molecule has 3 aromatic heterocycles. The lowest BCUT2D eigenvalue weighted by molar-refractivity contribution is 0.608. The Balaban J connectivity index is 1.56. The third-order valence-electron chi connectivity index (χ3n) is 5.26. The number of imidazole rings is 1. The molecule has 160 valence electrons. The Morgan fingerprint density at radius 1 is 0.938 bits per heavy atom. The van der Waals surface area contributed by atoms with Gasteiger partial charge in [0, 0.05) is 24.0 Å². The Labute approximate surface area is 182 Å². The molecule has 0 atom stereocenters. The highest BCUT2D eigenvalue weighted by atomic mass is 19.1. The van der Waals surface area contributed by atoms with Crippen LogP contribution in [0.4, 0.5) is 20.3 Å². The quantitative estimate of drug-likeness (QED) is 0.440. The lowest BCUT2D eigenvalue weighted by atomic mass is 10.2. The number of hydrogen-bond acceptors (Lipinski definition) is 5. The van der Waals surface area contributed by atoms with E-state index in [9.17, 15) is 8.78 Å². The smallest absolute Gasteiger partial charge is 0.158 e. The van der Waals surface area contributed by atoms with Crippen LogP contribution in [-0.4, -0.2) is 29.3 Å². The van der Waals surface area contributed by atoms with Gasteiger partial charge in [-0.1, -0.05) is 0 Å². The van der Waals surface area contributed by atoms with Gasteiger partial charge in [0.1, 0.15) is 35.0 Å². The molecule has 0 saturated heterocycles.